The molecule has 1 aliphatic rings. The fraction of sp³-hybridized carbons (Fsp3) is 0.243. The first-order valence-corrected chi connectivity index (χ1v) is 15.4. The molecule has 0 atom stereocenters. The van der Waals surface area contributed by atoms with Gasteiger partial charge in [0.15, 0.2) is 5.69 Å². The Balaban J connectivity index is 1.60. The summed E-state index contributed by atoms with van der Waals surface area (Å²) in [5, 5.41) is 39.1. The third-order valence-corrected chi connectivity index (χ3v) is 8.53. The normalized spacial score (nSPS) is 14.1. The molecule has 0 amide bonds. The van der Waals surface area contributed by atoms with Crippen molar-refractivity contribution in [2.45, 2.75) is 56.8 Å². The van der Waals surface area contributed by atoms with Gasteiger partial charge in [-0.3, -0.25) is 0 Å². The van der Waals surface area contributed by atoms with E-state index in [9.17, 15) is 15.0 Å². The maximum absolute atomic E-state index is 12.6. The Bertz CT molecular complexity index is 1790. The van der Waals surface area contributed by atoms with Gasteiger partial charge in [-0.05, 0) is 59.0 Å². The van der Waals surface area contributed by atoms with Crippen molar-refractivity contribution >= 4 is 5.97 Å². The molecule has 2 heterocycles. The lowest BCUT2D eigenvalue weighted by molar-refractivity contribution is 0.0602. The van der Waals surface area contributed by atoms with Gasteiger partial charge in [-0.2, -0.15) is 0 Å². The quantitative estimate of drug-likeness (QED) is 0.147. The number of aryl methyl sites for hydroxylation is 1. The number of aromatic nitrogens is 2. The van der Waals surface area contributed by atoms with Crippen LogP contribution in [0.25, 0.3) is 0 Å². The second kappa shape index (κ2) is 12.3. The van der Waals surface area contributed by atoms with E-state index in [0.29, 0.717) is 12.2 Å². The number of nitrogens with zero attached hydrogens (tertiary/aromatic N) is 6. The predicted octanol–water partition coefficient (Wildman–Crippen LogP) is 7.83. The van der Waals surface area contributed by atoms with Crippen molar-refractivity contribution in [3.05, 3.63) is 160 Å². The minimum Gasteiger partial charge on any atom is -0.477 e. The second-order valence-electron chi connectivity index (χ2n) is 12.0. The monoisotopic (exact) mass is 612 g/mol. The zero-order valence-electron chi connectivity index (χ0n) is 26.1. The Hall–Kier alpha value is -5.28. The van der Waals surface area contributed by atoms with E-state index < -0.39 is 22.6 Å². The minimum absolute atomic E-state index is 0.0245. The molecule has 0 saturated heterocycles. The van der Waals surface area contributed by atoms with E-state index in [1.54, 1.807) is 18.4 Å². The Kier molecular flexibility index (Phi) is 8.19. The van der Waals surface area contributed by atoms with Crippen LogP contribution < -0.4 is 0 Å². The molecule has 0 fully saturated rings. The van der Waals surface area contributed by atoms with Gasteiger partial charge in [0.25, 0.3) is 0 Å². The number of carboxylic acid groups (broad SMARTS) is 1. The van der Waals surface area contributed by atoms with E-state index >= 15 is 0 Å². The maximum Gasteiger partial charge on any atom is 0.354 e. The molecule has 0 bridgehead atoms. The number of aliphatic hydroxyl groups is 1. The molecule has 0 aliphatic carbocycles. The SMILES string of the molecule is CCCc1nc(C(C)(C)O)c(C(=O)O)n1Cc1cccc(C2(C(c3ccccc3)(c3ccccc3)c3ccccc3)N=NN=N2)c1. The van der Waals surface area contributed by atoms with Gasteiger partial charge in [-0.15, -0.1) is 10.2 Å². The first-order valence-electron chi connectivity index (χ1n) is 15.4. The maximum atomic E-state index is 12.6. The fourth-order valence-electron chi connectivity index (χ4n) is 6.64. The number of rotatable bonds is 11. The van der Waals surface area contributed by atoms with Crippen LogP contribution in [0.3, 0.4) is 0 Å². The summed E-state index contributed by atoms with van der Waals surface area (Å²) in [5.74, 6) is -0.543. The van der Waals surface area contributed by atoms with Gasteiger partial charge in [0, 0.05) is 18.5 Å². The molecule has 0 radical (unpaired) electrons. The van der Waals surface area contributed by atoms with Gasteiger partial charge >= 0.3 is 5.97 Å². The lowest BCUT2D eigenvalue weighted by atomic mass is 9.60. The Morgan fingerprint density at radius 3 is 1.76 bits per heavy atom. The van der Waals surface area contributed by atoms with Crippen LogP contribution in [0.15, 0.2) is 136 Å². The van der Waals surface area contributed by atoms with Crippen molar-refractivity contribution in [1.82, 2.24) is 9.55 Å². The number of aromatic carboxylic acids is 1. The molecule has 0 unspecified atom stereocenters. The minimum atomic E-state index is -1.43. The molecule has 0 saturated carbocycles. The van der Waals surface area contributed by atoms with E-state index in [-0.39, 0.29) is 17.9 Å². The van der Waals surface area contributed by atoms with Crippen LogP contribution in [0.4, 0.5) is 0 Å². The van der Waals surface area contributed by atoms with Crippen LogP contribution >= 0.6 is 0 Å². The van der Waals surface area contributed by atoms with Crippen LogP contribution in [0.2, 0.25) is 0 Å². The highest BCUT2D eigenvalue weighted by Gasteiger charge is 2.59. The number of benzene rings is 4. The highest BCUT2D eigenvalue weighted by molar-refractivity contribution is 5.87. The van der Waals surface area contributed by atoms with Gasteiger partial charge < -0.3 is 14.8 Å². The molecule has 0 spiro atoms. The molecule has 2 N–H and O–H groups in total. The smallest absolute Gasteiger partial charge is 0.354 e. The molecule has 9 heteroatoms. The summed E-state index contributed by atoms with van der Waals surface area (Å²) >= 11 is 0. The number of imidazole rings is 1. The van der Waals surface area contributed by atoms with Crippen molar-refractivity contribution in [1.29, 1.82) is 0 Å². The highest BCUT2D eigenvalue weighted by atomic mass is 16.4. The third-order valence-electron chi connectivity index (χ3n) is 8.53. The number of hydrogen-bond donors (Lipinski definition) is 2. The average molecular weight is 613 g/mol. The van der Waals surface area contributed by atoms with Gasteiger partial charge in [0.2, 0.25) is 5.66 Å². The summed E-state index contributed by atoms with van der Waals surface area (Å²) in [6.07, 6.45) is 1.32. The fourth-order valence-corrected chi connectivity index (χ4v) is 6.64. The van der Waals surface area contributed by atoms with Crippen molar-refractivity contribution < 1.29 is 15.0 Å². The molecular formula is C37H36N6O3. The summed E-state index contributed by atoms with van der Waals surface area (Å²) in [6.45, 7) is 5.34. The van der Waals surface area contributed by atoms with E-state index in [2.05, 4.69) is 51.8 Å². The molecular weight excluding hydrogens is 576 g/mol. The van der Waals surface area contributed by atoms with Crippen LogP contribution in [0, 0.1) is 0 Å². The van der Waals surface area contributed by atoms with Crippen LogP contribution in [0.5, 0.6) is 0 Å². The average Bonchev–Trinajstić information content (AvgIpc) is 3.70. The van der Waals surface area contributed by atoms with E-state index in [4.69, 9.17) is 10.2 Å². The summed E-state index contributed by atoms with van der Waals surface area (Å²) in [7, 11) is 0. The lowest BCUT2D eigenvalue weighted by Gasteiger charge is -2.44. The number of hydrogen-bond acceptors (Lipinski definition) is 7. The summed E-state index contributed by atoms with van der Waals surface area (Å²) in [5.41, 5.74) is 0.790. The molecule has 4 aromatic carbocycles. The first kappa shape index (κ1) is 30.7. The summed E-state index contributed by atoms with van der Waals surface area (Å²) in [4.78, 5) is 17.2. The molecule has 1 aromatic heterocycles. The Morgan fingerprint density at radius 1 is 0.783 bits per heavy atom. The lowest BCUT2D eigenvalue weighted by Crippen LogP contribution is -2.48. The largest absolute Gasteiger partial charge is 0.477 e. The number of carboxylic acids is 1. The molecule has 1 aliphatic heterocycles. The highest BCUT2D eigenvalue weighted by Crippen LogP contribution is 2.56. The van der Waals surface area contributed by atoms with Gasteiger partial charge in [0.05, 0.1) is 5.41 Å². The van der Waals surface area contributed by atoms with E-state index in [1.165, 1.54) is 0 Å². The van der Waals surface area contributed by atoms with Gasteiger partial charge in [0.1, 0.15) is 17.1 Å². The number of carbonyl (C=O) groups is 1. The zero-order valence-corrected chi connectivity index (χ0v) is 26.1. The first-order chi connectivity index (χ1) is 22.2. The zero-order chi connectivity index (χ0) is 32.4. The molecule has 6 rings (SSSR count). The Labute approximate surface area is 268 Å². The summed E-state index contributed by atoms with van der Waals surface area (Å²) in [6, 6.07) is 38.3. The summed E-state index contributed by atoms with van der Waals surface area (Å²) < 4.78 is 1.70. The molecule has 5 aromatic rings. The van der Waals surface area contributed by atoms with Crippen molar-refractivity contribution in [2.75, 3.05) is 0 Å². The van der Waals surface area contributed by atoms with E-state index in [1.807, 2.05) is 85.8 Å². The van der Waals surface area contributed by atoms with Crippen molar-refractivity contribution in [3.63, 3.8) is 0 Å². The predicted molar refractivity (Wildman–Crippen MR) is 175 cm³/mol. The molecule has 232 valence electrons. The van der Waals surface area contributed by atoms with Crippen LogP contribution in [0.1, 0.15) is 77.0 Å². The van der Waals surface area contributed by atoms with Gasteiger partial charge in [-0.1, -0.05) is 116 Å². The standard InChI is InChI=1S/C37H36N6O3/c1-4-15-31-38-33(35(2,3)46)32(34(44)45)43(31)25-26-16-14-23-30(24-26)37(39-41-42-40-37)36(27-17-8-5-9-18-27,28-19-10-6-11-20-28)29-21-12-7-13-22-29/h5-14,16-24,46H,4,15,25H2,1-3H3,(H,44,45). The Morgan fingerprint density at radius 2 is 1.30 bits per heavy atom. The van der Waals surface area contributed by atoms with Crippen LogP contribution in [-0.2, 0) is 29.6 Å². The van der Waals surface area contributed by atoms with Crippen molar-refractivity contribution in [3.8, 4) is 0 Å². The van der Waals surface area contributed by atoms with Gasteiger partial charge in [-0.25, -0.2) is 9.78 Å². The molecule has 9 nitrogen and oxygen atoms in total. The van der Waals surface area contributed by atoms with Crippen molar-refractivity contribution in [2.24, 2.45) is 20.7 Å². The van der Waals surface area contributed by atoms with E-state index in [0.717, 1.165) is 34.2 Å². The topological polar surface area (TPSA) is 125 Å². The van der Waals surface area contributed by atoms with Crippen LogP contribution in [-0.4, -0.2) is 25.7 Å². The third kappa shape index (κ3) is 5.12. The molecule has 46 heavy (non-hydrogen) atoms. The second-order valence-corrected chi connectivity index (χ2v) is 12.0.